The number of hydrogen-bond donors (Lipinski definition) is 1. The molecule has 146 valence electrons. The second kappa shape index (κ2) is 7.86. The summed E-state index contributed by atoms with van der Waals surface area (Å²) in [6, 6.07) is 9.84. The highest BCUT2D eigenvalue weighted by Gasteiger charge is 2.37. The average molecular weight is 419 g/mol. The third kappa shape index (κ3) is 4.01. The molecule has 0 fully saturated rings. The van der Waals surface area contributed by atoms with Crippen LogP contribution in [0.1, 0.15) is 24.2 Å². The molecule has 0 saturated heterocycles. The fraction of sp³-hybridized carbons (Fsp3) is 0.238. The van der Waals surface area contributed by atoms with Crippen molar-refractivity contribution < 1.29 is 14.3 Å². The lowest BCUT2D eigenvalue weighted by Gasteiger charge is -2.27. The summed E-state index contributed by atoms with van der Waals surface area (Å²) >= 11 is 11.9. The Bertz CT molecular complexity index is 957. The van der Waals surface area contributed by atoms with Crippen LogP contribution in [0.2, 0.25) is 10.0 Å². The van der Waals surface area contributed by atoms with Crippen LogP contribution in [-0.2, 0) is 4.79 Å². The summed E-state index contributed by atoms with van der Waals surface area (Å²) in [5.41, 5.74) is 0.814. The molecule has 0 bridgehead atoms. The molecule has 0 spiro atoms. The Morgan fingerprint density at radius 1 is 1.25 bits per heavy atom. The van der Waals surface area contributed by atoms with Gasteiger partial charge in [0.05, 0.1) is 21.1 Å². The van der Waals surface area contributed by atoms with Crippen LogP contribution >= 0.6 is 23.2 Å². The lowest BCUT2D eigenvalue weighted by atomic mass is 9.93. The number of benzene rings is 2. The summed E-state index contributed by atoms with van der Waals surface area (Å²) in [7, 11) is 0. The molecule has 1 aliphatic heterocycles. The topological polar surface area (TPSA) is 58.6 Å². The first-order valence-electron chi connectivity index (χ1n) is 8.69. The SMILES string of the molecule is C=CCN1C(=O)C(C)(C)COc2ccc(NC(=O)c3ccc(Cl)c(Cl)c3)cc21. The molecule has 0 radical (unpaired) electrons. The number of carbonyl (C=O) groups is 2. The van der Waals surface area contributed by atoms with E-state index in [0.29, 0.717) is 39.3 Å². The molecule has 0 atom stereocenters. The summed E-state index contributed by atoms with van der Waals surface area (Å²) in [4.78, 5) is 27.1. The zero-order valence-corrected chi connectivity index (χ0v) is 17.1. The highest BCUT2D eigenvalue weighted by molar-refractivity contribution is 6.42. The zero-order chi connectivity index (χ0) is 20.5. The van der Waals surface area contributed by atoms with Crippen LogP contribution < -0.4 is 15.0 Å². The van der Waals surface area contributed by atoms with Crippen LogP contribution in [-0.4, -0.2) is 25.0 Å². The van der Waals surface area contributed by atoms with Gasteiger partial charge in [0.25, 0.3) is 5.91 Å². The van der Waals surface area contributed by atoms with Gasteiger partial charge in [-0.1, -0.05) is 29.3 Å². The maximum absolute atomic E-state index is 12.9. The van der Waals surface area contributed by atoms with Crippen molar-refractivity contribution in [1.82, 2.24) is 0 Å². The van der Waals surface area contributed by atoms with Gasteiger partial charge in [-0.05, 0) is 50.2 Å². The molecule has 0 aromatic heterocycles. The quantitative estimate of drug-likeness (QED) is 0.695. The number of halogens is 2. The highest BCUT2D eigenvalue weighted by atomic mass is 35.5. The van der Waals surface area contributed by atoms with E-state index in [1.807, 2.05) is 13.8 Å². The number of rotatable bonds is 4. The van der Waals surface area contributed by atoms with E-state index in [4.69, 9.17) is 27.9 Å². The number of anilines is 2. The smallest absolute Gasteiger partial charge is 0.255 e. The van der Waals surface area contributed by atoms with E-state index < -0.39 is 5.41 Å². The van der Waals surface area contributed by atoms with Gasteiger partial charge in [-0.25, -0.2) is 0 Å². The predicted molar refractivity (Wildman–Crippen MR) is 113 cm³/mol. The average Bonchev–Trinajstić information content (AvgIpc) is 2.74. The molecule has 0 unspecified atom stereocenters. The van der Waals surface area contributed by atoms with Crippen LogP contribution in [0, 0.1) is 5.41 Å². The Morgan fingerprint density at radius 2 is 2.00 bits per heavy atom. The number of fused-ring (bicyclic) bond motifs is 1. The van der Waals surface area contributed by atoms with Crippen molar-refractivity contribution in [1.29, 1.82) is 0 Å². The minimum Gasteiger partial charge on any atom is -0.490 e. The lowest BCUT2D eigenvalue weighted by molar-refractivity contribution is -0.127. The Balaban J connectivity index is 1.92. The third-order valence-electron chi connectivity index (χ3n) is 4.41. The maximum Gasteiger partial charge on any atom is 0.255 e. The van der Waals surface area contributed by atoms with Gasteiger partial charge in [-0.3, -0.25) is 9.59 Å². The molecule has 1 heterocycles. The van der Waals surface area contributed by atoms with Crippen molar-refractivity contribution >= 4 is 46.4 Å². The molecule has 2 aromatic carbocycles. The van der Waals surface area contributed by atoms with Gasteiger partial charge in [0.15, 0.2) is 0 Å². The van der Waals surface area contributed by atoms with Crippen molar-refractivity contribution in [2.75, 3.05) is 23.4 Å². The van der Waals surface area contributed by atoms with Gasteiger partial charge in [0, 0.05) is 17.8 Å². The highest BCUT2D eigenvalue weighted by Crippen LogP contribution is 2.38. The predicted octanol–water partition coefficient (Wildman–Crippen LogP) is 5.18. The lowest BCUT2D eigenvalue weighted by Crippen LogP contribution is -2.42. The van der Waals surface area contributed by atoms with Gasteiger partial charge in [-0.2, -0.15) is 0 Å². The van der Waals surface area contributed by atoms with Gasteiger partial charge in [-0.15, -0.1) is 6.58 Å². The molecule has 0 saturated carbocycles. The van der Waals surface area contributed by atoms with Gasteiger partial charge in [0.1, 0.15) is 12.4 Å². The van der Waals surface area contributed by atoms with Crippen molar-refractivity contribution in [3.05, 3.63) is 64.7 Å². The van der Waals surface area contributed by atoms with Crippen molar-refractivity contribution in [2.45, 2.75) is 13.8 Å². The second-order valence-corrected chi connectivity index (χ2v) is 7.96. The van der Waals surface area contributed by atoms with Gasteiger partial charge < -0.3 is 15.0 Å². The molecule has 28 heavy (non-hydrogen) atoms. The molecular formula is C21H20Cl2N2O3. The van der Waals surface area contributed by atoms with E-state index in [1.54, 1.807) is 41.3 Å². The molecule has 0 aliphatic carbocycles. The minimum absolute atomic E-state index is 0.0703. The first kappa shape index (κ1) is 20.2. The number of nitrogens with zero attached hydrogens (tertiary/aromatic N) is 1. The third-order valence-corrected chi connectivity index (χ3v) is 5.15. The minimum atomic E-state index is -0.675. The summed E-state index contributed by atoms with van der Waals surface area (Å²) in [6.07, 6.45) is 1.66. The molecule has 2 aromatic rings. The van der Waals surface area contributed by atoms with Crippen molar-refractivity contribution in [3.63, 3.8) is 0 Å². The standard InChI is InChI=1S/C21H20Cl2N2O3/c1-4-9-25-17-11-14(6-8-18(17)28-12-21(2,3)20(25)27)24-19(26)13-5-7-15(22)16(23)10-13/h4-8,10-11H,1,9,12H2,2-3H3,(H,24,26). The van der Waals surface area contributed by atoms with Crippen LogP contribution in [0.25, 0.3) is 0 Å². The molecule has 3 rings (SSSR count). The van der Waals surface area contributed by atoms with Crippen LogP contribution in [0.4, 0.5) is 11.4 Å². The van der Waals surface area contributed by atoms with Gasteiger partial charge >= 0.3 is 0 Å². The van der Waals surface area contributed by atoms with E-state index in [9.17, 15) is 9.59 Å². The summed E-state index contributed by atoms with van der Waals surface area (Å²) in [5, 5.41) is 3.49. The van der Waals surface area contributed by atoms with E-state index >= 15 is 0 Å². The maximum atomic E-state index is 12.9. The van der Waals surface area contributed by atoms with E-state index in [1.165, 1.54) is 6.07 Å². The Labute approximate surface area is 173 Å². The number of hydrogen-bond acceptors (Lipinski definition) is 3. The normalized spacial score (nSPS) is 15.3. The number of ether oxygens (including phenoxy) is 1. The Kier molecular flexibility index (Phi) is 5.68. The Hall–Kier alpha value is -2.50. The van der Waals surface area contributed by atoms with Crippen LogP contribution in [0.3, 0.4) is 0 Å². The van der Waals surface area contributed by atoms with Crippen molar-refractivity contribution in [3.8, 4) is 5.75 Å². The summed E-state index contributed by atoms with van der Waals surface area (Å²) in [5.74, 6) is 0.169. The first-order valence-corrected chi connectivity index (χ1v) is 9.44. The summed E-state index contributed by atoms with van der Waals surface area (Å²) < 4.78 is 5.84. The molecule has 1 N–H and O–H groups in total. The fourth-order valence-corrected chi connectivity index (χ4v) is 3.17. The van der Waals surface area contributed by atoms with E-state index in [-0.39, 0.29) is 18.4 Å². The number of nitrogens with one attached hydrogen (secondary N) is 1. The molecular weight excluding hydrogens is 399 g/mol. The molecule has 7 heteroatoms. The van der Waals surface area contributed by atoms with Crippen LogP contribution in [0.15, 0.2) is 49.1 Å². The fourth-order valence-electron chi connectivity index (χ4n) is 2.87. The molecule has 1 aliphatic rings. The number of amides is 2. The Morgan fingerprint density at radius 3 is 2.68 bits per heavy atom. The number of carbonyl (C=O) groups excluding carboxylic acids is 2. The molecule has 5 nitrogen and oxygen atoms in total. The first-order chi connectivity index (χ1) is 13.2. The zero-order valence-electron chi connectivity index (χ0n) is 15.6. The van der Waals surface area contributed by atoms with Gasteiger partial charge in [0.2, 0.25) is 5.91 Å². The molecule has 2 amide bonds. The monoisotopic (exact) mass is 418 g/mol. The largest absolute Gasteiger partial charge is 0.490 e. The second-order valence-electron chi connectivity index (χ2n) is 7.14. The van der Waals surface area contributed by atoms with E-state index in [2.05, 4.69) is 11.9 Å². The summed E-state index contributed by atoms with van der Waals surface area (Å²) in [6.45, 7) is 8.02. The van der Waals surface area contributed by atoms with Crippen molar-refractivity contribution in [2.24, 2.45) is 5.41 Å². The van der Waals surface area contributed by atoms with E-state index in [0.717, 1.165) is 0 Å². The van der Waals surface area contributed by atoms with Crippen LogP contribution in [0.5, 0.6) is 5.75 Å².